The van der Waals surface area contributed by atoms with Crippen LogP contribution in [0.15, 0.2) is 90.6 Å². The van der Waals surface area contributed by atoms with Crippen LogP contribution < -0.4 is 10.1 Å². The SMILES string of the molecule is O=C(O)C(=Cc1ccc(COc2ccccc2)cc1)NC(=O)c1ccccc1. The first kappa shape index (κ1) is 18.9. The first-order valence-electron chi connectivity index (χ1n) is 8.70. The molecule has 0 unspecified atom stereocenters. The second kappa shape index (κ2) is 9.19. The number of rotatable bonds is 7. The molecule has 0 aromatic heterocycles. The van der Waals surface area contributed by atoms with Gasteiger partial charge >= 0.3 is 5.97 Å². The van der Waals surface area contributed by atoms with Crippen LogP contribution in [0, 0.1) is 0 Å². The molecule has 140 valence electrons. The van der Waals surface area contributed by atoms with E-state index in [4.69, 9.17) is 4.74 Å². The number of nitrogens with one attached hydrogen (secondary N) is 1. The molecule has 3 rings (SSSR count). The summed E-state index contributed by atoms with van der Waals surface area (Å²) in [7, 11) is 0. The number of carboxylic acids is 1. The van der Waals surface area contributed by atoms with Gasteiger partial charge < -0.3 is 15.2 Å². The third kappa shape index (κ3) is 5.32. The van der Waals surface area contributed by atoms with Crippen molar-refractivity contribution in [3.8, 4) is 5.75 Å². The highest BCUT2D eigenvalue weighted by atomic mass is 16.5. The van der Waals surface area contributed by atoms with Gasteiger partial charge in [0.15, 0.2) is 0 Å². The van der Waals surface area contributed by atoms with Gasteiger partial charge in [0.2, 0.25) is 0 Å². The van der Waals surface area contributed by atoms with Gasteiger partial charge in [-0.1, -0.05) is 60.7 Å². The van der Waals surface area contributed by atoms with Crippen LogP contribution in [0.25, 0.3) is 6.08 Å². The maximum atomic E-state index is 12.2. The van der Waals surface area contributed by atoms with Crippen molar-refractivity contribution in [2.45, 2.75) is 6.61 Å². The van der Waals surface area contributed by atoms with E-state index in [1.165, 1.54) is 6.08 Å². The summed E-state index contributed by atoms with van der Waals surface area (Å²) in [5.41, 5.74) is 1.81. The van der Waals surface area contributed by atoms with E-state index < -0.39 is 11.9 Å². The van der Waals surface area contributed by atoms with E-state index >= 15 is 0 Å². The minimum absolute atomic E-state index is 0.192. The van der Waals surface area contributed by atoms with Gasteiger partial charge in [0.05, 0.1) is 0 Å². The lowest BCUT2D eigenvalue weighted by Crippen LogP contribution is -2.27. The summed E-state index contributed by atoms with van der Waals surface area (Å²) in [6.45, 7) is 0.407. The zero-order valence-corrected chi connectivity index (χ0v) is 15.0. The molecule has 0 aliphatic carbocycles. The van der Waals surface area contributed by atoms with Gasteiger partial charge in [-0.25, -0.2) is 4.79 Å². The highest BCUT2D eigenvalue weighted by Gasteiger charge is 2.13. The topological polar surface area (TPSA) is 75.6 Å². The molecule has 0 saturated carbocycles. The van der Waals surface area contributed by atoms with Crippen LogP contribution >= 0.6 is 0 Å². The van der Waals surface area contributed by atoms with E-state index in [0.29, 0.717) is 17.7 Å². The maximum absolute atomic E-state index is 12.2. The minimum atomic E-state index is -1.21. The summed E-state index contributed by atoms with van der Waals surface area (Å²) < 4.78 is 5.69. The van der Waals surface area contributed by atoms with Crippen molar-refractivity contribution < 1.29 is 19.4 Å². The Labute approximate surface area is 162 Å². The van der Waals surface area contributed by atoms with E-state index in [-0.39, 0.29) is 5.70 Å². The van der Waals surface area contributed by atoms with Crippen molar-refractivity contribution in [2.24, 2.45) is 0 Å². The average molecular weight is 373 g/mol. The van der Waals surface area contributed by atoms with Crippen molar-refractivity contribution in [1.82, 2.24) is 5.32 Å². The molecule has 0 heterocycles. The Hall–Kier alpha value is -3.86. The van der Waals surface area contributed by atoms with Crippen molar-refractivity contribution in [3.05, 3.63) is 107 Å². The van der Waals surface area contributed by atoms with Gasteiger partial charge in [-0.05, 0) is 41.5 Å². The summed E-state index contributed by atoms with van der Waals surface area (Å²) in [5.74, 6) is -0.897. The fourth-order valence-corrected chi connectivity index (χ4v) is 2.50. The molecule has 0 atom stereocenters. The van der Waals surface area contributed by atoms with Crippen LogP contribution in [-0.2, 0) is 11.4 Å². The average Bonchev–Trinajstić information content (AvgIpc) is 2.74. The summed E-state index contributed by atoms with van der Waals surface area (Å²) in [6.07, 6.45) is 1.42. The Balaban J connectivity index is 1.67. The molecule has 0 spiro atoms. The first-order chi connectivity index (χ1) is 13.6. The number of hydrogen-bond acceptors (Lipinski definition) is 3. The number of carboxylic acid groups (broad SMARTS) is 1. The van der Waals surface area contributed by atoms with Crippen LogP contribution in [0.4, 0.5) is 0 Å². The van der Waals surface area contributed by atoms with Crippen LogP contribution in [-0.4, -0.2) is 17.0 Å². The number of benzene rings is 3. The molecule has 3 aromatic rings. The number of hydrogen-bond donors (Lipinski definition) is 2. The molecule has 0 aliphatic rings. The van der Waals surface area contributed by atoms with Crippen molar-refractivity contribution in [2.75, 3.05) is 0 Å². The quantitative estimate of drug-likeness (QED) is 0.611. The van der Waals surface area contributed by atoms with Crippen molar-refractivity contribution in [3.63, 3.8) is 0 Å². The van der Waals surface area contributed by atoms with Crippen LogP contribution in [0.1, 0.15) is 21.5 Å². The summed E-state index contributed by atoms with van der Waals surface area (Å²) in [6, 6.07) is 25.2. The van der Waals surface area contributed by atoms with Gasteiger partial charge in [0.25, 0.3) is 5.91 Å². The van der Waals surface area contributed by atoms with E-state index in [1.54, 1.807) is 42.5 Å². The minimum Gasteiger partial charge on any atom is -0.489 e. The highest BCUT2D eigenvalue weighted by Crippen LogP contribution is 2.13. The molecular weight excluding hydrogens is 354 g/mol. The van der Waals surface area contributed by atoms with Crippen LogP contribution in [0.5, 0.6) is 5.75 Å². The van der Waals surface area contributed by atoms with Crippen LogP contribution in [0.2, 0.25) is 0 Å². The van der Waals surface area contributed by atoms with E-state index in [1.807, 2.05) is 42.5 Å². The molecule has 0 fully saturated rings. The van der Waals surface area contributed by atoms with Gasteiger partial charge in [0, 0.05) is 5.56 Å². The van der Waals surface area contributed by atoms with Crippen molar-refractivity contribution >= 4 is 18.0 Å². The second-order valence-corrected chi connectivity index (χ2v) is 6.03. The molecule has 28 heavy (non-hydrogen) atoms. The predicted octanol–water partition coefficient (Wildman–Crippen LogP) is 4.12. The van der Waals surface area contributed by atoms with Gasteiger partial charge in [-0.3, -0.25) is 4.79 Å². The number of carbonyl (C=O) groups excluding carboxylic acids is 1. The Kier molecular flexibility index (Phi) is 6.21. The molecular formula is C23H19NO4. The molecule has 0 bridgehead atoms. The zero-order valence-electron chi connectivity index (χ0n) is 15.0. The highest BCUT2D eigenvalue weighted by molar-refractivity contribution is 6.02. The Bertz CT molecular complexity index is 965. The molecule has 3 aromatic carbocycles. The Morgan fingerprint density at radius 1 is 0.857 bits per heavy atom. The molecule has 0 saturated heterocycles. The number of carbonyl (C=O) groups is 2. The Morgan fingerprint density at radius 2 is 1.46 bits per heavy atom. The molecule has 2 N–H and O–H groups in total. The fraction of sp³-hybridized carbons (Fsp3) is 0.0435. The fourth-order valence-electron chi connectivity index (χ4n) is 2.50. The van der Waals surface area contributed by atoms with Gasteiger partial charge in [-0.2, -0.15) is 0 Å². The number of amides is 1. The maximum Gasteiger partial charge on any atom is 0.352 e. The zero-order chi connectivity index (χ0) is 19.8. The lowest BCUT2D eigenvalue weighted by Gasteiger charge is -2.08. The lowest BCUT2D eigenvalue weighted by atomic mass is 10.1. The van der Waals surface area contributed by atoms with Crippen molar-refractivity contribution in [1.29, 1.82) is 0 Å². The molecule has 1 amide bonds. The third-order valence-corrected chi connectivity index (χ3v) is 3.95. The smallest absolute Gasteiger partial charge is 0.352 e. The number of aliphatic carboxylic acids is 1. The first-order valence-corrected chi connectivity index (χ1v) is 8.70. The van der Waals surface area contributed by atoms with Crippen LogP contribution in [0.3, 0.4) is 0 Å². The monoisotopic (exact) mass is 373 g/mol. The van der Waals surface area contributed by atoms with E-state index in [0.717, 1.165) is 11.3 Å². The number of para-hydroxylation sites is 1. The second-order valence-electron chi connectivity index (χ2n) is 6.03. The molecule has 0 aliphatic heterocycles. The predicted molar refractivity (Wildman–Crippen MR) is 107 cm³/mol. The normalized spacial score (nSPS) is 10.9. The standard InChI is InChI=1S/C23H19NO4/c25-22(19-7-3-1-4-8-19)24-21(23(26)27)15-17-11-13-18(14-12-17)16-28-20-9-5-2-6-10-20/h1-15H,16H2,(H,24,25)(H,26,27). The summed E-state index contributed by atoms with van der Waals surface area (Å²) >= 11 is 0. The Morgan fingerprint density at radius 3 is 2.07 bits per heavy atom. The van der Waals surface area contributed by atoms with E-state index in [9.17, 15) is 14.7 Å². The molecule has 0 radical (unpaired) electrons. The van der Waals surface area contributed by atoms with Gasteiger partial charge in [-0.15, -0.1) is 0 Å². The largest absolute Gasteiger partial charge is 0.489 e. The third-order valence-electron chi connectivity index (χ3n) is 3.95. The lowest BCUT2D eigenvalue weighted by molar-refractivity contribution is -0.132. The number of ether oxygens (including phenoxy) is 1. The molecule has 5 heteroatoms. The summed E-state index contributed by atoms with van der Waals surface area (Å²) in [5, 5.41) is 11.8. The van der Waals surface area contributed by atoms with E-state index in [2.05, 4.69) is 5.32 Å². The molecule has 5 nitrogen and oxygen atoms in total. The summed E-state index contributed by atoms with van der Waals surface area (Å²) in [4.78, 5) is 23.7. The van der Waals surface area contributed by atoms with Gasteiger partial charge in [0.1, 0.15) is 18.1 Å².